The van der Waals surface area contributed by atoms with Crippen LogP contribution in [0.4, 0.5) is 0 Å². The maximum atomic E-state index is 12.8. The van der Waals surface area contributed by atoms with Gasteiger partial charge in [0.1, 0.15) is 5.82 Å². The highest BCUT2D eigenvalue weighted by molar-refractivity contribution is 6.04. The fraction of sp³-hybridized carbons (Fsp3) is 0.391. The molecule has 1 aromatic carbocycles. The van der Waals surface area contributed by atoms with Crippen LogP contribution >= 0.6 is 12.4 Å². The van der Waals surface area contributed by atoms with Gasteiger partial charge in [-0.25, -0.2) is 9.97 Å². The average molecular weight is 473 g/mol. The molecule has 0 atom stereocenters. The van der Waals surface area contributed by atoms with Gasteiger partial charge < -0.3 is 24.8 Å². The summed E-state index contributed by atoms with van der Waals surface area (Å²) < 4.78 is 5.01. The lowest BCUT2D eigenvalue weighted by atomic mass is 10.1. The second-order valence-corrected chi connectivity index (χ2v) is 7.92. The first-order chi connectivity index (χ1) is 15.6. The summed E-state index contributed by atoms with van der Waals surface area (Å²) in [6.45, 7) is 4.37. The number of rotatable bonds is 7. The molecule has 2 aromatic heterocycles. The number of nitrogens with zero attached hydrogens (tertiary/aromatic N) is 4. The summed E-state index contributed by atoms with van der Waals surface area (Å²) in [5.74, 6) is 0.464. The lowest BCUT2D eigenvalue weighted by Gasteiger charge is -2.32. The molecule has 0 spiro atoms. The fourth-order valence-corrected chi connectivity index (χ4v) is 3.71. The van der Waals surface area contributed by atoms with E-state index in [2.05, 4.69) is 32.2 Å². The van der Waals surface area contributed by atoms with Gasteiger partial charge in [0.25, 0.3) is 11.8 Å². The van der Waals surface area contributed by atoms with Gasteiger partial charge in [-0.15, -0.1) is 12.4 Å². The third kappa shape index (κ3) is 5.68. The zero-order valence-corrected chi connectivity index (χ0v) is 19.7. The smallest absolute Gasteiger partial charge is 0.253 e. The fourth-order valence-electron chi connectivity index (χ4n) is 3.71. The number of piperazine rings is 1. The summed E-state index contributed by atoms with van der Waals surface area (Å²) >= 11 is 0. The SMILES string of the molecule is COCCCNC(=O)c1ccnc2nc(-c3ccc(C(=O)N4CCN(C)CC4)cc3)[nH]c12.Cl. The molecule has 2 N–H and O–H groups in total. The molecule has 1 fully saturated rings. The monoisotopic (exact) mass is 472 g/mol. The van der Waals surface area contributed by atoms with Crippen molar-refractivity contribution in [2.75, 3.05) is 53.5 Å². The number of nitrogens with one attached hydrogen (secondary N) is 2. The van der Waals surface area contributed by atoms with Gasteiger partial charge in [-0.3, -0.25) is 9.59 Å². The van der Waals surface area contributed by atoms with Crippen LogP contribution in [0.15, 0.2) is 36.5 Å². The number of ether oxygens (including phenoxy) is 1. The Balaban J connectivity index is 0.00000306. The number of halogens is 1. The number of fused-ring (bicyclic) bond motifs is 1. The summed E-state index contributed by atoms with van der Waals surface area (Å²) in [6, 6.07) is 9.05. The minimum atomic E-state index is -0.183. The Labute approximate surface area is 198 Å². The first kappa shape index (κ1) is 24.6. The normalized spacial score (nSPS) is 14.2. The number of amides is 2. The minimum absolute atomic E-state index is 0. The van der Waals surface area contributed by atoms with Gasteiger partial charge in [-0.2, -0.15) is 0 Å². The molecule has 10 heteroatoms. The topological polar surface area (TPSA) is 103 Å². The largest absolute Gasteiger partial charge is 0.385 e. The molecule has 9 nitrogen and oxygen atoms in total. The van der Waals surface area contributed by atoms with Crippen LogP contribution in [0.2, 0.25) is 0 Å². The second-order valence-electron chi connectivity index (χ2n) is 7.92. The zero-order chi connectivity index (χ0) is 22.5. The highest BCUT2D eigenvalue weighted by Crippen LogP contribution is 2.22. The molecule has 3 heterocycles. The van der Waals surface area contributed by atoms with E-state index >= 15 is 0 Å². The van der Waals surface area contributed by atoms with Crippen molar-refractivity contribution in [3.63, 3.8) is 0 Å². The number of likely N-dealkylation sites (N-methyl/N-ethyl adjacent to an activating group) is 1. The van der Waals surface area contributed by atoms with Crippen LogP contribution in [0.1, 0.15) is 27.1 Å². The van der Waals surface area contributed by atoms with E-state index in [-0.39, 0.29) is 24.2 Å². The van der Waals surface area contributed by atoms with E-state index in [1.165, 1.54) is 0 Å². The van der Waals surface area contributed by atoms with Crippen molar-refractivity contribution >= 4 is 35.4 Å². The Morgan fingerprint density at radius 2 is 1.85 bits per heavy atom. The van der Waals surface area contributed by atoms with Crippen molar-refractivity contribution in [2.45, 2.75) is 6.42 Å². The number of aromatic nitrogens is 3. The van der Waals surface area contributed by atoms with E-state index in [0.29, 0.717) is 41.3 Å². The number of carbonyl (C=O) groups excluding carboxylic acids is 2. The van der Waals surface area contributed by atoms with E-state index in [0.717, 1.165) is 38.2 Å². The van der Waals surface area contributed by atoms with E-state index in [1.807, 2.05) is 29.2 Å². The van der Waals surface area contributed by atoms with Gasteiger partial charge in [0.15, 0.2) is 5.65 Å². The number of hydrogen-bond donors (Lipinski definition) is 2. The molecule has 0 saturated carbocycles. The summed E-state index contributed by atoms with van der Waals surface area (Å²) in [5, 5.41) is 2.89. The first-order valence-corrected chi connectivity index (χ1v) is 10.8. The number of carbonyl (C=O) groups is 2. The molecule has 1 aliphatic rings. The summed E-state index contributed by atoms with van der Waals surface area (Å²) in [5.41, 5.74) is 3.03. The predicted molar refractivity (Wildman–Crippen MR) is 129 cm³/mol. The van der Waals surface area contributed by atoms with Gasteiger partial charge in [-0.1, -0.05) is 12.1 Å². The van der Waals surface area contributed by atoms with Crippen molar-refractivity contribution in [3.8, 4) is 11.4 Å². The van der Waals surface area contributed by atoms with E-state index in [1.54, 1.807) is 19.4 Å². The van der Waals surface area contributed by atoms with Gasteiger partial charge in [-0.05, 0) is 31.7 Å². The Morgan fingerprint density at radius 1 is 1.12 bits per heavy atom. The summed E-state index contributed by atoms with van der Waals surface area (Å²) in [7, 11) is 3.70. The molecule has 176 valence electrons. The lowest BCUT2D eigenvalue weighted by molar-refractivity contribution is 0.0664. The zero-order valence-electron chi connectivity index (χ0n) is 18.8. The Morgan fingerprint density at radius 3 is 2.55 bits per heavy atom. The van der Waals surface area contributed by atoms with E-state index in [9.17, 15) is 9.59 Å². The molecule has 3 aromatic rings. The third-order valence-electron chi connectivity index (χ3n) is 5.64. The number of pyridine rings is 1. The van der Waals surface area contributed by atoms with Crippen LogP contribution < -0.4 is 5.32 Å². The van der Waals surface area contributed by atoms with Crippen molar-refractivity contribution < 1.29 is 14.3 Å². The van der Waals surface area contributed by atoms with Crippen LogP contribution in [0.3, 0.4) is 0 Å². The molecule has 0 radical (unpaired) electrons. The van der Waals surface area contributed by atoms with Crippen molar-refractivity contribution in [1.82, 2.24) is 30.1 Å². The van der Waals surface area contributed by atoms with Gasteiger partial charge >= 0.3 is 0 Å². The Kier molecular flexibility index (Phi) is 8.37. The molecule has 0 aliphatic carbocycles. The maximum absolute atomic E-state index is 12.8. The van der Waals surface area contributed by atoms with Crippen LogP contribution in [-0.2, 0) is 4.74 Å². The van der Waals surface area contributed by atoms with Crippen LogP contribution in [0.25, 0.3) is 22.6 Å². The Bertz CT molecular complexity index is 1090. The standard InChI is InChI=1S/C23H28N6O3.ClH/c1-28-11-13-29(14-12-28)23(31)17-6-4-16(5-7-17)20-26-19-18(8-10-24-21(19)27-20)22(30)25-9-3-15-32-2;/h4-8,10H,3,9,11-15H2,1-2H3,(H,25,30)(H,24,26,27);1H. The predicted octanol–water partition coefficient (Wildman–Crippen LogP) is 2.20. The van der Waals surface area contributed by atoms with Crippen LogP contribution in [0.5, 0.6) is 0 Å². The van der Waals surface area contributed by atoms with Gasteiger partial charge in [0.05, 0.1) is 11.1 Å². The number of aromatic amines is 1. The summed E-state index contributed by atoms with van der Waals surface area (Å²) in [4.78, 5) is 41.5. The van der Waals surface area contributed by atoms with Crippen LogP contribution in [0, 0.1) is 0 Å². The molecule has 33 heavy (non-hydrogen) atoms. The number of benzene rings is 1. The molecule has 0 bridgehead atoms. The highest BCUT2D eigenvalue weighted by atomic mass is 35.5. The highest BCUT2D eigenvalue weighted by Gasteiger charge is 2.20. The quantitative estimate of drug-likeness (QED) is 0.511. The number of H-pyrrole nitrogens is 1. The number of imidazole rings is 1. The van der Waals surface area contributed by atoms with Crippen molar-refractivity contribution in [1.29, 1.82) is 0 Å². The molecular formula is C23H29ClN6O3. The lowest BCUT2D eigenvalue weighted by Crippen LogP contribution is -2.47. The second kappa shape index (κ2) is 11.2. The molecule has 2 amide bonds. The molecular weight excluding hydrogens is 444 g/mol. The van der Waals surface area contributed by atoms with Crippen LogP contribution in [-0.4, -0.2) is 90.1 Å². The molecule has 1 aliphatic heterocycles. The number of hydrogen-bond acceptors (Lipinski definition) is 6. The number of methoxy groups -OCH3 is 1. The van der Waals surface area contributed by atoms with E-state index in [4.69, 9.17) is 4.74 Å². The van der Waals surface area contributed by atoms with Gasteiger partial charge in [0.2, 0.25) is 0 Å². The molecule has 4 rings (SSSR count). The van der Waals surface area contributed by atoms with Gasteiger partial charge in [0, 0.05) is 63.8 Å². The first-order valence-electron chi connectivity index (χ1n) is 10.8. The Hall–Kier alpha value is -3.01. The molecule has 1 saturated heterocycles. The van der Waals surface area contributed by atoms with Crippen molar-refractivity contribution in [3.05, 3.63) is 47.7 Å². The molecule has 0 unspecified atom stereocenters. The minimum Gasteiger partial charge on any atom is -0.385 e. The third-order valence-corrected chi connectivity index (χ3v) is 5.64. The van der Waals surface area contributed by atoms with E-state index < -0.39 is 0 Å². The maximum Gasteiger partial charge on any atom is 0.253 e. The van der Waals surface area contributed by atoms with Crippen molar-refractivity contribution in [2.24, 2.45) is 0 Å². The average Bonchev–Trinajstić information content (AvgIpc) is 3.26. The summed E-state index contributed by atoms with van der Waals surface area (Å²) in [6.07, 6.45) is 2.32.